The van der Waals surface area contributed by atoms with Crippen molar-refractivity contribution >= 4 is 17.5 Å². The summed E-state index contributed by atoms with van der Waals surface area (Å²) in [6.45, 7) is 5.40. The zero-order valence-corrected chi connectivity index (χ0v) is 25.1. The molecule has 0 heterocycles. The molecule has 4 nitrogen and oxygen atoms in total. The van der Waals surface area contributed by atoms with Crippen molar-refractivity contribution in [2.75, 3.05) is 13.2 Å². The van der Waals surface area contributed by atoms with E-state index in [4.69, 9.17) is 16.3 Å². The van der Waals surface area contributed by atoms with E-state index in [2.05, 4.69) is 17.1 Å². The van der Waals surface area contributed by atoms with Crippen LogP contribution in [-0.4, -0.2) is 24.0 Å². The first-order valence-electron chi connectivity index (χ1n) is 14.3. The molecule has 0 atom stereocenters. The van der Waals surface area contributed by atoms with Gasteiger partial charge in [-0.1, -0.05) is 103 Å². The van der Waals surface area contributed by atoms with Gasteiger partial charge in [0.1, 0.15) is 5.75 Å². The van der Waals surface area contributed by atoms with Gasteiger partial charge in [0.25, 0.3) is 0 Å². The maximum atomic E-state index is 13.7. The number of carbonyl (C=O) groups is 1. The number of carbonyl (C=O) groups excluding carboxylic acids is 1. The van der Waals surface area contributed by atoms with Gasteiger partial charge in [0.2, 0.25) is 5.91 Å². The van der Waals surface area contributed by atoms with Crippen LogP contribution in [0.1, 0.15) is 54.5 Å². The Morgan fingerprint density at radius 3 is 2.12 bits per heavy atom. The Morgan fingerprint density at radius 1 is 0.884 bits per heavy atom. The lowest BCUT2D eigenvalue weighted by Gasteiger charge is -2.43. The van der Waals surface area contributed by atoms with Gasteiger partial charge in [0.15, 0.2) is 0 Å². The van der Waals surface area contributed by atoms with Crippen LogP contribution in [-0.2, 0) is 29.6 Å². The van der Waals surface area contributed by atoms with Crippen LogP contribution in [0, 0.1) is 0 Å². The van der Waals surface area contributed by atoms with Crippen LogP contribution in [0.25, 0.3) is 0 Å². The molecule has 226 valence electrons. The normalized spacial score (nSPS) is 11.9. The Balaban J connectivity index is 1.61. The van der Waals surface area contributed by atoms with E-state index in [0.29, 0.717) is 43.9 Å². The van der Waals surface area contributed by atoms with Crippen LogP contribution >= 0.6 is 11.6 Å². The van der Waals surface area contributed by atoms with Gasteiger partial charge in [-0.15, -0.1) is 0 Å². The molecule has 0 aliphatic carbocycles. The monoisotopic (exact) mass is 608 g/mol. The summed E-state index contributed by atoms with van der Waals surface area (Å²) in [4.78, 5) is 13.8. The fraction of sp³-hybridized carbons (Fsp3) is 0.286. The van der Waals surface area contributed by atoms with Crippen molar-refractivity contribution in [3.05, 3.63) is 136 Å². The number of benzene rings is 4. The molecular weight excluding hydrogens is 573 g/mol. The maximum absolute atomic E-state index is 13.7. The second-order valence-electron chi connectivity index (χ2n) is 10.5. The maximum Gasteiger partial charge on any atom is 0.417 e. The first-order chi connectivity index (χ1) is 20.6. The molecular formula is C35H36ClF3N2O2. The van der Waals surface area contributed by atoms with Crippen LogP contribution in [0.5, 0.6) is 5.75 Å². The molecule has 0 saturated heterocycles. The lowest BCUT2D eigenvalue weighted by molar-refractivity contribution is -0.137. The molecule has 0 spiro atoms. The van der Waals surface area contributed by atoms with Crippen LogP contribution < -0.4 is 10.1 Å². The molecule has 0 radical (unpaired) electrons. The second-order valence-corrected chi connectivity index (χ2v) is 10.9. The van der Waals surface area contributed by atoms with E-state index in [1.165, 1.54) is 6.07 Å². The molecule has 0 aromatic heterocycles. The largest absolute Gasteiger partial charge is 0.494 e. The Labute approximate surface area is 256 Å². The van der Waals surface area contributed by atoms with E-state index < -0.39 is 17.3 Å². The SMILES string of the molecule is CCC(=O)NCc1cccc(OCCCN(Cc2cccc(C(F)(F)F)c2Cl)C(C)(c2ccccc2)c2ccccc2)c1. The average Bonchev–Trinajstić information content (AvgIpc) is 3.02. The number of nitrogens with zero attached hydrogens (tertiary/aromatic N) is 1. The molecule has 8 heteroatoms. The lowest BCUT2D eigenvalue weighted by Crippen LogP contribution is -2.45. The minimum Gasteiger partial charge on any atom is -0.494 e. The fourth-order valence-electron chi connectivity index (χ4n) is 5.16. The summed E-state index contributed by atoms with van der Waals surface area (Å²) in [5.41, 5.74) is 1.82. The molecule has 43 heavy (non-hydrogen) atoms. The molecule has 0 unspecified atom stereocenters. The molecule has 4 aromatic carbocycles. The molecule has 4 aromatic rings. The number of halogens is 4. The van der Waals surface area contributed by atoms with E-state index in [0.717, 1.165) is 22.8 Å². The third-order valence-electron chi connectivity index (χ3n) is 7.60. The number of amides is 1. The predicted octanol–water partition coefficient (Wildman–Crippen LogP) is 8.62. The standard InChI is InChI=1S/C35H36ClF3N2O2/c1-3-32(42)40-24-26-13-10-19-30(23-26)43-22-12-21-41(25-27-14-11-20-31(33(27)36)35(37,38)39)34(2,28-15-6-4-7-16-28)29-17-8-5-9-18-29/h4-11,13-20,23H,3,12,21-22,24-25H2,1-2H3,(H,40,42). The molecule has 4 rings (SSSR count). The summed E-state index contributed by atoms with van der Waals surface area (Å²) >= 11 is 6.39. The number of ether oxygens (including phenoxy) is 1. The van der Waals surface area contributed by atoms with Crippen LogP contribution in [0.4, 0.5) is 13.2 Å². The summed E-state index contributed by atoms with van der Waals surface area (Å²) < 4.78 is 47.3. The van der Waals surface area contributed by atoms with Crippen molar-refractivity contribution < 1.29 is 22.7 Å². The third kappa shape index (κ3) is 8.18. The summed E-state index contributed by atoms with van der Waals surface area (Å²) in [5.74, 6) is 0.664. The van der Waals surface area contributed by atoms with Gasteiger partial charge in [-0.25, -0.2) is 0 Å². The van der Waals surface area contributed by atoms with E-state index in [1.807, 2.05) is 84.9 Å². The Kier molecular flexibility index (Phi) is 10.9. The molecule has 0 bridgehead atoms. The van der Waals surface area contributed by atoms with Gasteiger partial charge in [0, 0.05) is 26.1 Å². The number of rotatable bonds is 13. The van der Waals surface area contributed by atoms with Gasteiger partial charge in [-0.3, -0.25) is 9.69 Å². The van der Waals surface area contributed by atoms with E-state index in [1.54, 1.807) is 13.0 Å². The van der Waals surface area contributed by atoms with Crippen LogP contribution in [0.2, 0.25) is 5.02 Å². The number of alkyl halides is 3. The van der Waals surface area contributed by atoms with Crippen molar-refractivity contribution in [1.29, 1.82) is 0 Å². The highest BCUT2D eigenvalue weighted by Crippen LogP contribution is 2.40. The van der Waals surface area contributed by atoms with Crippen LogP contribution in [0.3, 0.4) is 0 Å². The molecule has 0 saturated carbocycles. The van der Waals surface area contributed by atoms with E-state index in [9.17, 15) is 18.0 Å². The minimum absolute atomic E-state index is 0.0211. The predicted molar refractivity (Wildman–Crippen MR) is 165 cm³/mol. The molecule has 1 amide bonds. The highest BCUT2D eigenvalue weighted by molar-refractivity contribution is 6.32. The summed E-state index contributed by atoms with van der Waals surface area (Å²) in [5, 5.41) is 2.58. The highest BCUT2D eigenvalue weighted by Gasteiger charge is 2.37. The lowest BCUT2D eigenvalue weighted by atomic mass is 9.82. The molecule has 0 aliphatic heterocycles. The van der Waals surface area contributed by atoms with Crippen molar-refractivity contribution in [2.24, 2.45) is 0 Å². The number of hydrogen-bond donors (Lipinski definition) is 1. The topological polar surface area (TPSA) is 41.6 Å². The number of hydrogen-bond acceptors (Lipinski definition) is 3. The summed E-state index contributed by atoms with van der Waals surface area (Å²) in [6.07, 6.45) is -3.53. The highest BCUT2D eigenvalue weighted by atomic mass is 35.5. The van der Waals surface area contributed by atoms with Gasteiger partial charge in [-0.2, -0.15) is 13.2 Å². The number of nitrogens with one attached hydrogen (secondary N) is 1. The van der Waals surface area contributed by atoms with Crippen molar-refractivity contribution in [3.8, 4) is 5.75 Å². The van der Waals surface area contributed by atoms with Crippen molar-refractivity contribution in [2.45, 2.75) is 51.5 Å². The van der Waals surface area contributed by atoms with Gasteiger partial charge in [0.05, 0.1) is 22.7 Å². The molecule has 0 fully saturated rings. The summed E-state index contributed by atoms with van der Waals surface area (Å²) in [7, 11) is 0. The average molecular weight is 609 g/mol. The zero-order valence-electron chi connectivity index (χ0n) is 24.3. The molecule has 1 N–H and O–H groups in total. The Morgan fingerprint density at radius 2 is 1.51 bits per heavy atom. The van der Waals surface area contributed by atoms with Gasteiger partial charge >= 0.3 is 6.18 Å². The minimum atomic E-state index is -4.55. The third-order valence-corrected chi connectivity index (χ3v) is 8.05. The van der Waals surface area contributed by atoms with Crippen molar-refractivity contribution in [1.82, 2.24) is 10.2 Å². The quantitative estimate of drug-likeness (QED) is 0.155. The first kappa shape index (κ1) is 32.1. The fourth-order valence-corrected chi connectivity index (χ4v) is 5.45. The Hall–Kier alpha value is -3.81. The van der Waals surface area contributed by atoms with Crippen LogP contribution in [0.15, 0.2) is 103 Å². The van der Waals surface area contributed by atoms with Gasteiger partial charge in [-0.05, 0) is 53.8 Å². The first-order valence-corrected chi connectivity index (χ1v) is 14.7. The van der Waals surface area contributed by atoms with E-state index >= 15 is 0 Å². The smallest absolute Gasteiger partial charge is 0.417 e. The second kappa shape index (κ2) is 14.6. The zero-order chi connectivity index (χ0) is 30.9. The summed E-state index contributed by atoms with van der Waals surface area (Å²) in [6, 6.07) is 31.5. The van der Waals surface area contributed by atoms with E-state index in [-0.39, 0.29) is 17.5 Å². The Bertz CT molecular complexity index is 1440. The van der Waals surface area contributed by atoms with Crippen molar-refractivity contribution in [3.63, 3.8) is 0 Å². The van der Waals surface area contributed by atoms with Gasteiger partial charge < -0.3 is 10.1 Å². The molecule has 0 aliphatic rings.